The number of nitrogens with zero attached hydrogens (tertiary/aromatic N) is 1. The fraction of sp³-hybridized carbons (Fsp3) is 0.474. The molecule has 0 spiro atoms. The molecule has 150 valence electrons. The topological polar surface area (TPSA) is 102 Å². The van der Waals surface area contributed by atoms with E-state index in [4.69, 9.17) is 4.74 Å². The summed E-state index contributed by atoms with van der Waals surface area (Å²) in [5.74, 6) is -1.46. The minimum Gasteiger partial charge on any atom is -0.434 e. The van der Waals surface area contributed by atoms with Gasteiger partial charge in [-0.2, -0.15) is 0 Å². The summed E-state index contributed by atoms with van der Waals surface area (Å²) in [6, 6.07) is 7.58. The fourth-order valence-electron chi connectivity index (χ4n) is 3.42. The predicted octanol–water partition coefficient (Wildman–Crippen LogP) is 1.48. The molecule has 0 unspecified atom stereocenters. The van der Waals surface area contributed by atoms with E-state index in [9.17, 15) is 19.2 Å². The number of rotatable bonds is 5. The standard InChI is InChI=1S/C19H22N2O6S/c1-4-26-18(25)27-17(24)14-19(2,3)28-16-13(15(23)21(14)16)20-12(22)10-11-8-6-5-7-9-11/h5-9,13-14,16H,4,10H2,1-3H3,(H,20,22)/t13-,14+,16-/m1/s1. The lowest BCUT2D eigenvalue weighted by molar-refractivity contribution is -0.162. The highest BCUT2D eigenvalue weighted by atomic mass is 32.2. The molecule has 3 atom stereocenters. The molecule has 2 fully saturated rings. The van der Waals surface area contributed by atoms with E-state index in [1.54, 1.807) is 20.8 Å². The van der Waals surface area contributed by atoms with E-state index < -0.39 is 29.0 Å². The summed E-state index contributed by atoms with van der Waals surface area (Å²) in [4.78, 5) is 50.2. The van der Waals surface area contributed by atoms with Crippen molar-refractivity contribution in [3.8, 4) is 0 Å². The van der Waals surface area contributed by atoms with Crippen molar-refractivity contribution in [1.29, 1.82) is 0 Å². The SMILES string of the molecule is CCOC(=O)OC(=O)[C@@H]1N2C(=O)[C@@H](NC(=O)Cc3ccccc3)[C@H]2SC1(C)C. The van der Waals surface area contributed by atoms with Crippen LogP contribution in [0, 0.1) is 0 Å². The first-order valence-corrected chi connectivity index (χ1v) is 9.84. The zero-order chi connectivity index (χ0) is 20.5. The van der Waals surface area contributed by atoms with Gasteiger partial charge in [-0.3, -0.25) is 9.59 Å². The Morgan fingerprint density at radius 1 is 1.21 bits per heavy atom. The Morgan fingerprint density at radius 3 is 2.54 bits per heavy atom. The van der Waals surface area contributed by atoms with Crippen molar-refractivity contribution < 1.29 is 28.7 Å². The normalized spacial score (nSPS) is 24.8. The number of carbonyl (C=O) groups is 4. The number of amides is 2. The van der Waals surface area contributed by atoms with Crippen LogP contribution in [0.5, 0.6) is 0 Å². The van der Waals surface area contributed by atoms with E-state index in [1.165, 1.54) is 16.7 Å². The quantitative estimate of drug-likeness (QED) is 0.449. The van der Waals surface area contributed by atoms with E-state index >= 15 is 0 Å². The van der Waals surface area contributed by atoms with Gasteiger partial charge in [0.25, 0.3) is 0 Å². The molecule has 2 saturated heterocycles. The summed E-state index contributed by atoms with van der Waals surface area (Å²) < 4.78 is 8.66. The molecular formula is C19H22N2O6S. The second-order valence-electron chi connectivity index (χ2n) is 7.07. The fourth-order valence-corrected chi connectivity index (χ4v) is 5.04. The molecule has 3 rings (SSSR count). The number of hydrogen-bond acceptors (Lipinski definition) is 7. The third kappa shape index (κ3) is 3.84. The molecule has 9 heteroatoms. The van der Waals surface area contributed by atoms with Crippen LogP contribution in [0.4, 0.5) is 4.79 Å². The summed E-state index contributed by atoms with van der Waals surface area (Å²) in [6.45, 7) is 5.26. The zero-order valence-corrected chi connectivity index (χ0v) is 16.7. The van der Waals surface area contributed by atoms with Gasteiger partial charge in [-0.1, -0.05) is 30.3 Å². The number of β-lactam (4-membered cyclic amide) rings is 1. The van der Waals surface area contributed by atoms with Crippen LogP contribution in [0.25, 0.3) is 0 Å². The van der Waals surface area contributed by atoms with Crippen molar-refractivity contribution in [3.63, 3.8) is 0 Å². The Kier molecular flexibility index (Phi) is 5.64. The summed E-state index contributed by atoms with van der Waals surface area (Å²) >= 11 is 1.39. The number of esters is 1. The highest BCUT2D eigenvalue weighted by Gasteiger charge is 2.64. The van der Waals surface area contributed by atoms with Crippen LogP contribution in [0.3, 0.4) is 0 Å². The molecule has 0 aliphatic carbocycles. The summed E-state index contributed by atoms with van der Waals surface area (Å²) in [7, 11) is 0. The van der Waals surface area contributed by atoms with E-state index in [1.807, 2.05) is 30.3 Å². The molecule has 0 aromatic heterocycles. The molecule has 2 heterocycles. The number of nitrogens with one attached hydrogen (secondary N) is 1. The molecule has 2 amide bonds. The van der Waals surface area contributed by atoms with Crippen molar-refractivity contribution in [1.82, 2.24) is 10.2 Å². The monoisotopic (exact) mass is 406 g/mol. The van der Waals surface area contributed by atoms with Crippen LogP contribution >= 0.6 is 11.8 Å². The van der Waals surface area contributed by atoms with Crippen LogP contribution in [0.2, 0.25) is 0 Å². The van der Waals surface area contributed by atoms with Gasteiger partial charge < -0.3 is 19.7 Å². The first-order chi connectivity index (χ1) is 13.2. The van der Waals surface area contributed by atoms with Crippen molar-refractivity contribution in [2.24, 2.45) is 0 Å². The first kappa shape index (κ1) is 20.2. The van der Waals surface area contributed by atoms with Crippen molar-refractivity contribution in [2.45, 2.75) is 49.4 Å². The largest absolute Gasteiger partial charge is 0.516 e. The third-order valence-corrected chi connectivity index (χ3v) is 6.21. The van der Waals surface area contributed by atoms with Gasteiger partial charge in [0.05, 0.1) is 13.0 Å². The molecule has 0 radical (unpaired) electrons. The summed E-state index contributed by atoms with van der Waals surface area (Å²) in [5, 5.41) is 2.36. The molecule has 0 saturated carbocycles. The highest BCUT2D eigenvalue weighted by Crippen LogP contribution is 2.51. The van der Waals surface area contributed by atoms with E-state index in [0.717, 1.165) is 5.56 Å². The maximum atomic E-state index is 12.6. The van der Waals surface area contributed by atoms with Gasteiger partial charge in [-0.05, 0) is 26.3 Å². The number of thioether (sulfide) groups is 1. The van der Waals surface area contributed by atoms with Crippen molar-refractivity contribution in [2.75, 3.05) is 6.61 Å². The van der Waals surface area contributed by atoms with Gasteiger partial charge >= 0.3 is 12.1 Å². The number of hydrogen-bond donors (Lipinski definition) is 1. The van der Waals surface area contributed by atoms with Crippen LogP contribution in [-0.4, -0.2) is 57.7 Å². The molecule has 8 nitrogen and oxygen atoms in total. The maximum absolute atomic E-state index is 12.6. The van der Waals surface area contributed by atoms with Gasteiger partial charge in [-0.15, -0.1) is 11.8 Å². The third-order valence-electron chi connectivity index (χ3n) is 4.63. The molecule has 28 heavy (non-hydrogen) atoms. The minimum atomic E-state index is -1.09. The second-order valence-corrected chi connectivity index (χ2v) is 8.84. The van der Waals surface area contributed by atoms with Crippen LogP contribution in [0.1, 0.15) is 26.3 Å². The van der Waals surface area contributed by atoms with Gasteiger partial charge in [-0.25, -0.2) is 9.59 Å². The molecule has 2 aliphatic heterocycles. The number of fused-ring (bicyclic) bond motifs is 1. The van der Waals surface area contributed by atoms with Gasteiger partial charge in [0.1, 0.15) is 17.5 Å². The molecule has 0 bridgehead atoms. The zero-order valence-electron chi connectivity index (χ0n) is 15.8. The van der Waals surface area contributed by atoms with Gasteiger partial charge in [0.2, 0.25) is 11.8 Å². The lowest BCUT2D eigenvalue weighted by Crippen LogP contribution is -2.70. The second kappa shape index (κ2) is 7.83. The van der Waals surface area contributed by atoms with E-state index in [-0.39, 0.29) is 30.2 Å². The van der Waals surface area contributed by atoms with E-state index in [2.05, 4.69) is 10.1 Å². The molecule has 1 aromatic rings. The van der Waals surface area contributed by atoms with Crippen LogP contribution < -0.4 is 5.32 Å². The summed E-state index contributed by atoms with van der Waals surface area (Å²) in [6.07, 6.45) is -0.919. The Balaban J connectivity index is 1.64. The van der Waals surface area contributed by atoms with Crippen LogP contribution in [-0.2, 0) is 30.3 Å². The Labute approximate surface area is 166 Å². The number of benzene rings is 1. The predicted molar refractivity (Wildman–Crippen MR) is 101 cm³/mol. The molecular weight excluding hydrogens is 384 g/mol. The first-order valence-electron chi connectivity index (χ1n) is 8.96. The Morgan fingerprint density at radius 2 is 1.89 bits per heavy atom. The molecule has 1 aromatic carbocycles. The van der Waals surface area contributed by atoms with E-state index in [0.29, 0.717) is 0 Å². The Bertz CT molecular complexity index is 797. The molecule has 2 aliphatic rings. The lowest BCUT2D eigenvalue weighted by Gasteiger charge is -2.43. The van der Waals surface area contributed by atoms with Gasteiger partial charge in [0.15, 0.2) is 0 Å². The average Bonchev–Trinajstić information content (AvgIpc) is 2.89. The lowest BCUT2D eigenvalue weighted by atomic mass is 9.96. The molecule has 1 N–H and O–H groups in total. The highest BCUT2D eigenvalue weighted by molar-refractivity contribution is 8.01. The van der Waals surface area contributed by atoms with Crippen molar-refractivity contribution in [3.05, 3.63) is 35.9 Å². The van der Waals surface area contributed by atoms with Gasteiger partial charge in [0, 0.05) is 4.75 Å². The smallest absolute Gasteiger partial charge is 0.434 e. The maximum Gasteiger partial charge on any atom is 0.516 e. The number of carbonyl (C=O) groups excluding carboxylic acids is 4. The minimum absolute atomic E-state index is 0.0791. The average molecular weight is 406 g/mol. The van der Waals surface area contributed by atoms with Crippen molar-refractivity contribution >= 4 is 35.7 Å². The summed E-state index contributed by atoms with van der Waals surface area (Å²) in [5.41, 5.74) is 0.846. The number of ether oxygens (including phenoxy) is 2. The Hall–Kier alpha value is -2.55. The van der Waals surface area contributed by atoms with Crippen LogP contribution in [0.15, 0.2) is 30.3 Å².